The van der Waals surface area contributed by atoms with Crippen LogP contribution in [0.25, 0.3) is 11.0 Å². The van der Waals surface area contributed by atoms with Crippen molar-refractivity contribution < 1.29 is 13.2 Å². The number of alkyl halides is 3. The summed E-state index contributed by atoms with van der Waals surface area (Å²) in [5, 5.41) is 0.591. The van der Waals surface area contributed by atoms with E-state index in [0.29, 0.717) is 22.8 Å². The highest BCUT2D eigenvalue weighted by Crippen LogP contribution is 2.23. The molecular formula is C12H12ClF3N2S. The smallest absolute Gasteiger partial charge is 0.331 e. The van der Waals surface area contributed by atoms with E-state index < -0.39 is 12.6 Å². The van der Waals surface area contributed by atoms with Gasteiger partial charge in [0.1, 0.15) is 0 Å². The molecule has 19 heavy (non-hydrogen) atoms. The summed E-state index contributed by atoms with van der Waals surface area (Å²) < 4.78 is 38.5. The number of nitrogens with one attached hydrogen (secondary N) is 1. The summed E-state index contributed by atoms with van der Waals surface area (Å²) >= 11 is 11.0. The van der Waals surface area contributed by atoms with E-state index in [1.165, 1.54) is 0 Å². The fourth-order valence-corrected chi connectivity index (χ4v) is 2.42. The summed E-state index contributed by atoms with van der Waals surface area (Å²) in [7, 11) is 0. The molecule has 0 bridgehead atoms. The largest absolute Gasteiger partial charge is 0.389 e. The second-order valence-corrected chi connectivity index (χ2v) is 5.14. The number of hydrogen-bond acceptors (Lipinski definition) is 1. The van der Waals surface area contributed by atoms with E-state index in [9.17, 15) is 13.2 Å². The van der Waals surface area contributed by atoms with Crippen molar-refractivity contribution in [3.8, 4) is 0 Å². The van der Waals surface area contributed by atoms with Crippen LogP contribution in [0.4, 0.5) is 13.2 Å². The number of unbranched alkanes of at least 4 members (excludes halogenated alkanes) is 1. The summed E-state index contributed by atoms with van der Waals surface area (Å²) in [6.07, 6.45) is -4.31. The summed E-state index contributed by atoms with van der Waals surface area (Å²) in [6.45, 7) is 0.469. The van der Waals surface area contributed by atoms with Gasteiger partial charge in [-0.25, -0.2) is 0 Å². The van der Waals surface area contributed by atoms with Crippen LogP contribution in [-0.2, 0) is 6.54 Å². The van der Waals surface area contributed by atoms with Gasteiger partial charge in [0.05, 0.1) is 11.0 Å². The van der Waals surface area contributed by atoms with Crippen molar-refractivity contribution >= 4 is 34.9 Å². The molecule has 0 atom stereocenters. The van der Waals surface area contributed by atoms with Gasteiger partial charge in [-0.2, -0.15) is 13.2 Å². The maximum absolute atomic E-state index is 12.0. The van der Waals surface area contributed by atoms with Crippen molar-refractivity contribution in [1.82, 2.24) is 9.55 Å². The summed E-state index contributed by atoms with van der Waals surface area (Å²) in [6, 6.07) is 5.30. The molecule has 2 nitrogen and oxygen atoms in total. The van der Waals surface area contributed by atoms with E-state index in [1.54, 1.807) is 16.7 Å². The van der Waals surface area contributed by atoms with Crippen LogP contribution in [0.2, 0.25) is 5.02 Å². The van der Waals surface area contributed by atoms with Crippen molar-refractivity contribution in [1.29, 1.82) is 0 Å². The SMILES string of the molecule is FC(F)(F)CCCCn1c(=S)[nH]c2cc(Cl)ccc21. The van der Waals surface area contributed by atoms with Gasteiger partial charge >= 0.3 is 6.18 Å². The van der Waals surface area contributed by atoms with Crippen LogP contribution in [0.3, 0.4) is 0 Å². The fourth-order valence-electron chi connectivity index (χ4n) is 1.95. The van der Waals surface area contributed by atoms with E-state index in [1.807, 2.05) is 6.07 Å². The number of aromatic nitrogens is 2. The Bertz CT molecular complexity index is 630. The first kappa shape index (κ1) is 14.4. The molecule has 1 aromatic heterocycles. The average Bonchev–Trinajstić information content (AvgIpc) is 2.58. The Morgan fingerprint density at radius 1 is 1.26 bits per heavy atom. The topological polar surface area (TPSA) is 20.7 Å². The number of H-pyrrole nitrogens is 1. The number of rotatable bonds is 4. The van der Waals surface area contributed by atoms with Crippen molar-refractivity contribution in [3.63, 3.8) is 0 Å². The maximum atomic E-state index is 12.0. The number of fused-ring (bicyclic) bond motifs is 1. The first-order chi connectivity index (χ1) is 8.87. The maximum Gasteiger partial charge on any atom is 0.389 e. The molecule has 0 aliphatic carbocycles. The lowest BCUT2D eigenvalue weighted by Crippen LogP contribution is -2.07. The first-order valence-electron chi connectivity index (χ1n) is 5.82. The van der Waals surface area contributed by atoms with Crippen LogP contribution in [-0.4, -0.2) is 15.7 Å². The highest BCUT2D eigenvalue weighted by Gasteiger charge is 2.25. The molecule has 0 fully saturated rings. The van der Waals surface area contributed by atoms with E-state index >= 15 is 0 Å². The fraction of sp³-hybridized carbons (Fsp3) is 0.417. The van der Waals surface area contributed by atoms with Gasteiger partial charge in [0.25, 0.3) is 0 Å². The molecule has 0 amide bonds. The van der Waals surface area contributed by atoms with Crippen LogP contribution in [0.1, 0.15) is 19.3 Å². The molecule has 0 unspecified atom stereocenters. The van der Waals surface area contributed by atoms with Gasteiger partial charge < -0.3 is 9.55 Å². The number of hydrogen-bond donors (Lipinski definition) is 1. The van der Waals surface area contributed by atoms with Gasteiger partial charge in [-0.1, -0.05) is 11.6 Å². The Balaban J connectivity index is 2.09. The molecule has 0 saturated heterocycles. The molecule has 7 heteroatoms. The number of aryl methyl sites for hydroxylation is 1. The monoisotopic (exact) mass is 308 g/mol. The van der Waals surface area contributed by atoms with Crippen molar-refractivity contribution in [2.24, 2.45) is 0 Å². The molecule has 1 aromatic carbocycles. The number of nitrogens with zero attached hydrogens (tertiary/aromatic N) is 1. The molecule has 0 saturated carbocycles. The highest BCUT2D eigenvalue weighted by atomic mass is 35.5. The van der Waals surface area contributed by atoms with E-state index in [-0.39, 0.29) is 6.42 Å². The molecule has 2 aromatic rings. The second-order valence-electron chi connectivity index (χ2n) is 4.32. The van der Waals surface area contributed by atoms with Crippen LogP contribution >= 0.6 is 23.8 Å². The van der Waals surface area contributed by atoms with Gasteiger partial charge in [0, 0.05) is 18.0 Å². The normalized spacial score (nSPS) is 12.2. The van der Waals surface area contributed by atoms with E-state index in [4.69, 9.17) is 23.8 Å². The minimum absolute atomic E-state index is 0.103. The van der Waals surface area contributed by atoms with Crippen LogP contribution in [0.15, 0.2) is 18.2 Å². The van der Waals surface area contributed by atoms with Crippen molar-refractivity contribution in [2.45, 2.75) is 32.0 Å². The van der Waals surface area contributed by atoms with Crippen LogP contribution in [0, 0.1) is 4.77 Å². The predicted octanol–water partition coefficient (Wildman–Crippen LogP) is 5.08. The zero-order valence-electron chi connectivity index (χ0n) is 9.93. The van der Waals surface area contributed by atoms with Crippen molar-refractivity contribution in [2.75, 3.05) is 0 Å². The molecule has 0 aliphatic rings. The summed E-state index contributed by atoms with van der Waals surface area (Å²) in [5.41, 5.74) is 1.66. The van der Waals surface area contributed by atoms with Gasteiger partial charge in [0.15, 0.2) is 4.77 Å². The third-order valence-corrected chi connectivity index (χ3v) is 3.39. The zero-order valence-corrected chi connectivity index (χ0v) is 11.5. The van der Waals surface area contributed by atoms with Gasteiger partial charge in [-0.3, -0.25) is 0 Å². The average molecular weight is 309 g/mol. The first-order valence-corrected chi connectivity index (χ1v) is 6.60. The number of halogens is 4. The highest BCUT2D eigenvalue weighted by molar-refractivity contribution is 7.71. The Hall–Kier alpha value is -1.01. The Morgan fingerprint density at radius 3 is 2.68 bits per heavy atom. The zero-order chi connectivity index (χ0) is 14.0. The van der Waals surface area contributed by atoms with E-state index in [0.717, 1.165) is 11.0 Å². The number of imidazole rings is 1. The molecule has 0 spiro atoms. The molecule has 0 aliphatic heterocycles. The van der Waals surface area contributed by atoms with Crippen LogP contribution < -0.4 is 0 Å². The molecular weight excluding hydrogens is 297 g/mol. The van der Waals surface area contributed by atoms with Gasteiger partial charge in [-0.05, 0) is 43.3 Å². The summed E-state index contributed by atoms with van der Waals surface area (Å²) in [5.74, 6) is 0. The third-order valence-electron chi connectivity index (χ3n) is 2.83. The lowest BCUT2D eigenvalue weighted by molar-refractivity contribution is -0.135. The van der Waals surface area contributed by atoms with Crippen LogP contribution in [0.5, 0.6) is 0 Å². The standard InChI is InChI=1S/C12H12ClF3N2S/c13-8-3-4-10-9(7-8)17-11(19)18(10)6-2-1-5-12(14,15)16/h3-4,7H,1-2,5-6H2,(H,17,19). The number of benzene rings is 1. The molecule has 104 valence electrons. The lowest BCUT2D eigenvalue weighted by atomic mass is 10.2. The Kier molecular flexibility index (Phi) is 4.20. The number of aromatic amines is 1. The summed E-state index contributed by atoms with van der Waals surface area (Å²) in [4.78, 5) is 3.00. The molecule has 1 heterocycles. The lowest BCUT2D eigenvalue weighted by Gasteiger charge is -2.07. The molecule has 2 rings (SSSR count). The Morgan fingerprint density at radius 2 is 2.00 bits per heavy atom. The Labute approximate surface area is 118 Å². The molecule has 0 radical (unpaired) electrons. The minimum atomic E-state index is -4.09. The van der Waals surface area contributed by atoms with Gasteiger partial charge in [0.2, 0.25) is 0 Å². The molecule has 1 N–H and O–H groups in total. The second kappa shape index (κ2) is 5.54. The third kappa shape index (κ3) is 3.73. The van der Waals surface area contributed by atoms with Gasteiger partial charge in [-0.15, -0.1) is 0 Å². The minimum Gasteiger partial charge on any atom is -0.331 e. The van der Waals surface area contributed by atoms with E-state index in [2.05, 4.69) is 4.98 Å². The quantitative estimate of drug-likeness (QED) is 0.616. The predicted molar refractivity (Wildman–Crippen MR) is 72.0 cm³/mol. The van der Waals surface area contributed by atoms with Crippen molar-refractivity contribution in [3.05, 3.63) is 28.0 Å².